The van der Waals surface area contributed by atoms with Gasteiger partial charge in [0.2, 0.25) is 10.0 Å². The van der Waals surface area contributed by atoms with E-state index in [1.807, 2.05) is 13.1 Å². The lowest BCUT2D eigenvalue weighted by atomic mass is 9.94. The van der Waals surface area contributed by atoms with Gasteiger partial charge in [-0.15, -0.1) is 0 Å². The van der Waals surface area contributed by atoms with Crippen LogP contribution in [-0.4, -0.2) is 41.1 Å². The van der Waals surface area contributed by atoms with Gasteiger partial charge in [0.15, 0.2) is 0 Å². The van der Waals surface area contributed by atoms with E-state index in [0.717, 1.165) is 38.1 Å². The number of hydrogen-bond donors (Lipinski definition) is 0. The van der Waals surface area contributed by atoms with E-state index in [1.165, 1.54) is 5.69 Å². The summed E-state index contributed by atoms with van der Waals surface area (Å²) in [4.78, 5) is 4.56. The van der Waals surface area contributed by atoms with Crippen molar-refractivity contribution in [3.63, 3.8) is 0 Å². The predicted molar refractivity (Wildman–Crippen MR) is 89.3 cm³/mol. The van der Waals surface area contributed by atoms with Crippen LogP contribution in [0.15, 0.2) is 6.20 Å². The van der Waals surface area contributed by atoms with Gasteiger partial charge in [-0.1, -0.05) is 13.8 Å². The van der Waals surface area contributed by atoms with Gasteiger partial charge < -0.3 is 4.57 Å². The van der Waals surface area contributed by atoms with Crippen LogP contribution in [0, 0.1) is 12.8 Å². The number of nitrogens with zero attached hydrogens (tertiary/aromatic N) is 3. The molecule has 0 spiro atoms. The van der Waals surface area contributed by atoms with Gasteiger partial charge in [-0.25, -0.2) is 17.7 Å². The number of piperidine rings is 1. The van der Waals surface area contributed by atoms with Gasteiger partial charge in [0.05, 0.1) is 5.75 Å². The Hall–Kier alpha value is -0.880. The molecule has 0 unspecified atom stereocenters. The summed E-state index contributed by atoms with van der Waals surface area (Å²) in [6.07, 6.45) is 6.61. The minimum Gasteiger partial charge on any atom is -0.332 e. The Morgan fingerprint density at radius 2 is 1.91 bits per heavy atom. The van der Waals surface area contributed by atoms with Crippen LogP contribution < -0.4 is 0 Å². The summed E-state index contributed by atoms with van der Waals surface area (Å²) in [5.41, 5.74) is 1.22. The Kier molecular flexibility index (Phi) is 6.03. The molecule has 0 aromatic carbocycles. The van der Waals surface area contributed by atoms with Crippen molar-refractivity contribution in [2.75, 3.05) is 18.8 Å². The van der Waals surface area contributed by atoms with Crippen molar-refractivity contribution < 1.29 is 8.42 Å². The van der Waals surface area contributed by atoms with Crippen LogP contribution in [0.1, 0.15) is 51.0 Å². The molecule has 0 radical (unpaired) electrons. The van der Waals surface area contributed by atoms with E-state index < -0.39 is 10.0 Å². The summed E-state index contributed by atoms with van der Waals surface area (Å²) in [6.45, 7) is 8.55. The van der Waals surface area contributed by atoms with E-state index in [-0.39, 0.29) is 5.75 Å². The Balaban J connectivity index is 1.93. The van der Waals surface area contributed by atoms with Crippen molar-refractivity contribution in [1.29, 1.82) is 0 Å². The second-order valence-corrected chi connectivity index (χ2v) is 8.42. The van der Waals surface area contributed by atoms with Crippen LogP contribution in [0.25, 0.3) is 0 Å². The summed E-state index contributed by atoms with van der Waals surface area (Å²) in [5.74, 6) is 1.98. The first-order valence-electron chi connectivity index (χ1n) is 8.46. The highest BCUT2D eigenvalue weighted by molar-refractivity contribution is 7.89. The van der Waals surface area contributed by atoms with Crippen molar-refractivity contribution in [2.45, 2.75) is 59.4 Å². The molecule has 0 bridgehead atoms. The van der Waals surface area contributed by atoms with E-state index in [0.29, 0.717) is 25.4 Å². The van der Waals surface area contributed by atoms with E-state index in [4.69, 9.17) is 0 Å². The first kappa shape index (κ1) is 17.5. The van der Waals surface area contributed by atoms with Gasteiger partial charge >= 0.3 is 0 Å². The Morgan fingerprint density at radius 1 is 1.23 bits per heavy atom. The van der Waals surface area contributed by atoms with Crippen molar-refractivity contribution in [3.8, 4) is 0 Å². The summed E-state index contributed by atoms with van der Waals surface area (Å²) in [5, 5.41) is 0. The summed E-state index contributed by atoms with van der Waals surface area (Å²) < 4.78 is 28.2. The molecule has 1 aromatic rings. The van der Waals surface area contributed by atoms with Gasteiger partial charge in [0.1, 0.15) is 5.82 Å². The molecule has 22 heavy (non-hydrogen) atoms. The fourth-order valence-corrected chi connectivity index (χ4v) is 4.78. The Bertz CT molecular complexity index is 572. The number of sulfonamides is 1. The Morgan fingerprint density at radius 3 is 2.50 bits per heavy atom. The molecule has 2 heterocycles. The highest BCUT2D eigenvalue weighted by atomic mass is 32.2. The second kappa shape index (κ2) is 7.59. The minimum absolute atomic E-state index is 0.276. The van der Waals surface area contributed by atoms with E-state index in [9.17, 15) is 8.42 Å². The second-order valence-electron chi connectivity index (χ2n) is 6.33. The summed E-state index contributed by atoms with van der Waals surface area (Å²) in [6, 6.07) is 0. The van der Waals surface area contributed by atoms with Gasteiger partial charge in [0, 0.05) is 37.9 Å². The standard InChI is InChI=1S/C16H29N3O2S/c1-4-8-19-14(3)13-17-16(19)12-15-6-9-18(10-7-15)22(20,21)11-5-2/h13,15H,4-12H2,1-3H3. The summed E-state index contributed by atoms with van der Waals surface area (Å²) >= 11 is 0. The highest BCUT2D eigenvalue weighted by Crippen LogP contribution is 2.24. The number of rotatable bonds is 7. The zero-order valence-corrected chi connectivity index (χ0v) is 14.9. The lowest BCUT2D eigenvalue weighted by Crippen LogP contribution is -2.40. The van der Waals surface area contributed by atoms with Crippen LogP contribution in [0.4, 0.5) is 0 Å². The molecule has 0 amide bonds. The van der Waals surface area contributed by atoms with Crippen LogP contribution in [0.5, 0.6) is 0 Å². The molecule has 1 aromatic heterocycles. The maximum Gasteiger partial charge on any atom is 0.214 e. The molecule has 6 heteroatoms. The monoisotopic (exact) mass is 327 g/mol. The molecular formula is C16H29N3O2S. The van der Waals surface area contributed by atoms with E-state index in [1.54, 1.807) is 4.31 Å². The van der Waals surface area contributed by atoms with Gasteiger partial charge in [-0.05, 0) is 38.5 Å². The molecule has 0 saturated carbocycles. The topological polar surface area (TPSA) is 55.2 Å². The first-order chi connectivity index (χ1) is 10.5. The number of hydrogen-bond acceptors (Lipinski definition) is 3. The third-order valence-electron chi connectivity index (χ3n) is 4.49. The normalized spacial score (nSPS) is 18.0. The molecule has 1 saturated heterocycles. The first-order valence-corrected chi connectivity index (χ1v) is 10.1. The van der Waals surface area contributed by atoms with E-state index in [2.05, 4.69) is 23.4 Å². The maximum absolute atomic E-state index is 12.1. The third kappa shape index (κ3) is 4.10. The van der Waals surface area contributed by atoms with E-state index >= 15 is 0 Å². The molecule has 0 aliphatic carbocycles. The molecule has 5 nitrogen and oxygen atoms in total. The van der Waals surface area contributed by atoms with Crippen LogP contribution in [0.3, 0.4) is 0 Å². The molecule has 0 N–H and O–H groups in total. The summed E-state index contributed by atoms with van der Waals surface area (Å²) in [7, 11) is -3.03. The SMILES string of the molecule is CCCn1c(C)cnc1CC1CCN(S(=O)(=O)CCC)CC1. The quantitative estimate of drug-likeness (QED) is 0.773. The minimum atomic E-state index is -3.03. The largest absolute Gasteiger partial charge is 0.332 e. The zero-order valence-electron chi connectivity index (χ0n) is 14.1. The fraction of sp³-hybridized carbons (Fsp3) is 0.812. The smallest absolute Gasteiger partial charge is 0.214 e. The lowest BCUT2D eigenvalue weighted by Gasteiger charge is -2.31. The fourth-order valence-electron chi connectivity index (χ4n) is 3.24. The molecule has 0 atom stereocenters. The van der Waals surface area contributed by atoms with Crippen molar-refractivity contribution in [2.24, 2.45) is 5.92 Å². The molecule has 1 fully saturated rings. The molecule has 2 rings (SSSR count). The van der Waals surface area contributed by atoms with Crippen LogP contribution in [0.2, 0.25) is 0 Å². The third-order valence-corrected chi connectivity index (χ3v) is 6.56. The van der Waals surface area contributed by atoms with Crippen LogP contribution >= 0.6 is 0 Å². The lowest BCUT2D eigenvalue weighted by molar-refractivity contribution is 0.268. The van der Waals surface area contributed by atoms with Crippen molar-refractivity contribution in [3.05, 3.63) is 17.7 Å². The molecule has 1 aliphatic heterocycles. The number of imidazole rings is 1. The van der Waals surface area contributed by atoms with Crippen molar-refractivity contribution >= 4 is 10.0 Å². The van der Waals surface area contributed by atoms with Crippen LogP contribution in [-0.2, 0) is 23.0 Å². The number of aryl methyl sites for hydroxylation is 1. The maximum atomic E-state index is 12.1. The molecule has 126 valence electrons. The van der Waals surface area contributed by atoms with Gasteiger partial charge in [0.25, 0.3) is 0 Å². The van der Waals surface area contributed by atoms with Gasteiger partial charge in [-0.2, -0.15) is 0 Å². The highest BCUT2D eigenvalue weighted by Gasteiger charge is 2.28. The van der Waals surface area contributed by atoms with Crippen molar-refractivity contribution in [1.82, 2.24) is 13.9 Å². The molecular weight excluding hydrogens is 298 g/mol. The predicted octanol–water partition coefficient (Wildman–Crippen LogP) is 2.60. The molecule has 1 aliphatic rings. The average Bonchev–Trinajstić information content (AvgIpc) is 2.81. The Labute approximate surface area is 134 Å². The average molecular weight is 327 g/mol. The zero-order chi connectivity index (χ0) is 16.2. The number of aromatic nitrogens is 2. The van der Waals surface area contributed by atoms with Gasteiger partial charge in [-0.3, -0.25) is 0 Å².